The molecule has 6 nitrogen and oxygen atoms in total. The van der Waals surface area contributed by atoms with Crippen molar-refractivity contribution in [3.63, 3.8) is 0 Å². The lowest BCUT2D eigenvalue weighted by Gasteiger charge is -2.18. The number of ether oxygens (including phenoxy) is 3. The van der Waals surface area contributed by atoms with E-state index in [1.807, 2.05) is 0 Å². The van der Waals surface area contributed by atoms with Crippen molar-refractivity contribution in [1.82, 2.24) is 0 Å². The molecule has 368 valence electrons. The highest BCUT2D eigenvalue weighted by molar-refractivity contribution is 5.71. The Balaban J connectivity index is 4.32. The number of esters is 3. The van der Waals surface area contributed by atoms with E-state index in [-0.39, 0.29) is 31.1 Å². The molecular formula is C57H104O6. The normalized spacial score (nSPS) is 12.2. The van der Waals surface area contributed by atoms with Crippen LogP contribution in [0.5, 0.6) is 0 Å². The Hall–Kier alpha value is -2.37. The van der Waals surface area contributed by atoms with Crippen LogP contribution < -0.4 is 0 Å². The minimum Gasteiger partial charge on any atom is -0.462 e. The highest BCUT2D eigenvalue weighted by Gasteiger charge is 2.19. The minimum atomic E-state index is -0.786. The van der Waals surface area contributed by atoms with Gasteiger partial charge in [-0.2, -0.15) is 0 Å². The van der Waals surface area contributed by atoms with Crippen molar-refractivity contribution in [3.8, 4) is 0 Å². The monoisotopic (exact) mass is 885 g/mol. The van der Waals surface area contributed by atoms with E-state index in [2.05, 4.69) is 57.2 Å². The van der Waals surface area contributed by atoms with E-state index in [9.17, 15) is 14.4 Å². The largest absolute Gasteiger partial charge is 0.462 e. The Morgan fingerprint density at radius 2 is 0.619 bits per heavy atom. The average molecular weight is 885 g/mol. The summed E-state index contributed by atoms with van der Waals surface area (Å²) in [6, 6.07) is 0. The van der Waals surface area contributed by atoms with Crippen LogP contribution in [0.15, 0.2) is 36.5 Å². The Kier molecular flexibility index (Phi) is 50.3. The molecule has 0 aliphatic rings. The van der Waals surface area contributed by atoms with Crippen LogP contribution >= 0.6 is 0 Å². The summed E-state index contributed by atoms with van der Waals surface area (Å²) in [5, 5.41) is 0. The topological polar surface area (TPSA) is 78.9 Å². The van der Waals surface area contributed by atoms with Crippen LogP contribution in [0.2, 0.25) is 0 Å². The number of hydrogen-bond acceptors (Lipinski definition) is 6. The first-order valence-corrected chi connectivity index (χ1v) is 27.5. The van der Waals surface area contributed by atoms with Crippen molar-refractivity contribution < 1.29 is 28.6 Å². The summed E-state index contributed by atoms with van der Waals surface area (Å²) in [5.74, 6) is -0.924. The van der Waals surface area contributed by atoms with Gasteiger partial charge in [0, 0.05) is 19.3 Å². The van der Waals surface area contributed by atoms with Crippen LogP contribution in [0.25, 0.3) is 0 Å². The highest BCUT2D eigenvalue weighted by atomic mass is 16.6. The molecule has 0 aliphatic heterocycles. The van der Waals surface area contributed by atoms with Gasteiger partial charge in [0.05, 0.1) is 0 Å². The van der Waals surface area contributed by atoms with Crippen LogP contribution in [-0.2, 0) is 28.6 Å². The van der Waals surface area contributed by atoms with E-state index in [1.165, 1.54) is 180 Å². The van der Waals surface area contributed by atoms with Gasteiger partial charge >= 0.3 is 17.9 Å². The zero-order valence-electron chi connectivity index (χ0n) is 42.1. The molecule has 0 spiro atoms. The Morgan fingerprint density at radius 1 is 0.333 bits per heavy atom. The quantitative estimate of drug-likeness (QED) is 0.0262. The molecule has 0 heterocycles. The fraction of sp³-hybridized carbons (Fsp3) is 0.842. The van der Waals surface area contributed by atoms with E-state index in [4.69, 9.17) is 14.2 Å². The fourth-order valence-electron chi connectivity index (χ4n) is 8.06. The van der Waals surface area contributed by atoms with Crippen molar-refractivity contribution >= 4 is 17.9 Å². The number of rotatable bonds is 50. The molecule has 0 aromatic heterocycles. The van der Waals surface area contributed by atoms with Gasteiger partial charge < -0.3 is 14.2 Å². The number of carbonyl (C=O) groups excluding carboxylic acids is 3. The molecule has 0 saturated carbocycles. The molecule has 1 unspecified atom stereocenters. The number of carbonyl (C=O) groups is 3. The lowest BCUT2D eigenvalue weighted by Crippen LogP contribution is -2.30. The Labute approximate surface area is 391 Å². The van der Waals surface area contributed by atoms with Gasteiger partial charge in [-0.3, -0.25) is 14.4 Å². The Bertz CT molecular complexity index is 1060. The first-order valence-electron chi connectivity index (χ1n) is 27.5. The van der Waals surface area contributed by atoms with Gasteiger partial charge in [0.25, 0.3) is 0 Å². The van der Waals surface area contributed by atoms with Gasteiger partial charge in [0.1, 0.15) is 13.2 Å². The number of allylic oxidation sites excluding steroid dienone is 6. The van der Waals surface area contributed by atoms with Crippen LogP contribution in [0.4, 0.5) is 0 Å². The summed E-state index contributed by atoms with van der Waals surface area (Å²) >= 11 is 0. The zero-order valence-corrected chi connectivity index (χ0v) is 42.1. The molecule has 0 saturated heterocycles. The summed E-state index contributed by atoms with van der Waals surface area (Å²) in [5.41, 5.74) is 0. The maximum absolute atomic E-state index is 12.8. The van der Waals surface area contributed by atoms with E-state index < -0.39 is 6.10 Å². The van der Waals surface area contributed by atoms with E-state index >= 15 is 0 Å². The lowest BCUT2D eigenvalue weighted by atomic mass is 10.0. The summed E-state index contributed by atoms with van der Waals surface area (Å²) in [6.45, 7) is 6.52. The molecule has 1 atom stereocenters. The van der Waals surface area contributed by atoms with Crippen LogP contribution in [0.1, 0.15) is 290 Å². The van der Waals surface area contributed by atoms with Crippen molar-refractivity contribution in [1.29, 1.82) is 0 Å². The van der Waals surface area contributed by atoms with E-state index in [0.29, 0.717) is 25.7 Å². The third kappa shape index (κ3) is 50.5. The van der Waals surface area contributed by atoms with Gasteiger partial charge in [-0.15, -0.1) is 0 Å². The molecule has 0 aliphatic carbocycles. The second-order valence-electron chi connectivity index (χ2n) is 18.5. The molecule has 0 amide bonds. The third-order valence-corrected chi connectivity index (χ3v) is 12.2. The minimum absolute atomic E-state index is 0.0830. The first kappa shape index (κ1) is 60.6. The summed E-state index contributed by atoms with van der Waals surface area (Å²) in [7, 11) is 0. The van der Waals surface area contributed by atoms with Crippen LogP contribution in [0.3, 0.4) is 0 Å². The second kappa shape index (κ2) is 52.3. The smallest absolute Gasteiger partial charge is 0.306 e. The molecule has 0 bridgehead atoms. The Morgan fingerprint density at radius 3 is 0.968 bits per heavy atom. The molecule has 0 N–H and O–H groups in total. The van der Waals surface area contributed by atoms with Crippen LogP contribution in [-0.4, -0.2) is 37.2 Å². The van der Waals surface area contributed by atoms with E-state index in [1.54, 1.807) is 0 Å². The average Bonchev–Trinajstić information content (AvgIpc) is 3.28. The molecule has 63 heavy (non-hydrogen) atoms. The van der Waals surface area contributed by atoms with E-state index in [0.717, 1.165) is 64.2 Å². The van der Waals surface area contributed by atoms with Crippen LogP contribution in [0, 0.1) is 0 Å². The van der Waals surface area contributed by atoms with Crippen molar-refractivity contribution in [2.75, 3.05) is 13.2 Å². The predicted molar refractivity (Wildman–Crippen MR) is 270 cm³/mol. The molecular weight excluding hydrogens is 781 g/mol. The highest BCUT2D eigenvalue weighted by Crippen LogP contribution is 2.17. The summed E-state index contributed by atoms with van der Waals surface area (Å²) < 4.78 is 16.8. The maximum atomic E-state index is 12.8. The molecule has 0 aromatic carbocycles. The third-order valence-electron chi connectivity index (χ3n) is 12.2. The maximum Gasteiger partial charge on any atom is 0.306 e. The molecule has 0 rings (SSSR count). The van der Waals surface area contributed by atoms with Crippen molar-refractivity contribution in [3.05, 3.63) is 36.5 Å². The summed E-state index contributed by atoms with van der Waals surface area (Å²) in [6.07, 6.45) is 61.5. The van der Waals surface area contributed by atoms with Gasteiger partial charge in [-0.1, -0.05) is 263 Å². The van der Waals surface area contributed by atoms with Gasteiger partial charge in [-0.05, 0) is 44.9 Å². The fourth-order valence-corrected chi connectivity index (χ4v) is 8.06. The molecule has 0 radical (unpaired) electrons. The summed E-state index contributed by atoms with van der Waals surface area (Å²) in [4.78, 5) is 38.0. The molecule has 0 aromatic rings. The molecule has 0 fully saturated rings. The SMILES string of the molecule is CC/C=C\C/C=C\C/C=C\CCCC(=O)OCC(COC(=O)CCCCCCCCCCCCCCCCCCC)OC(=O)CCCCCCCCCCCCCCCCCCC. The lowest BCUT2D eigenvalue weighted by molar-refractivity contribution is -0.167. The predicted octanol–water partition coefficient (Wildman–Crippen LogP) is 18.1. The van der Waals surface area contributed by atoms with Gasteiger partial charge in [-0.25, -0.2) is 0 Å². The first-order chi connectivity index (χ1) is 31.0. The number of unbranched alkanes of at least 4 members (excludes halogenated alkanes) is 33. The second-order valence-corrected chi connectivity index (χ2v) is 18.5. The zero-order chi connectivity index (χ0) is 45.8. The van der Waals surface area contributed by atoms with Gasteiger partial charge in [0.2, 0.25) is 0 Å². The van der Waals surface area contributed by atoms with Gasteiger partial charge in [0.15, 0.2) is 6.10 Å². The van der Waals surface area contributed by atoms with Crippen molar-refractivity contribution in [2.24, 2.45) is 0 Å². The molecule has 6 heteroatoms. The standard InChI is InChI=1S/C57H104O6/c1-4-7-10-13-16-19-22-24-26-28-30-32-35-38-41-44-47-50-56(59)62-53-54(52-61-55(58)49-46-43-40-37-34-21-18-15-12-9-6-3)63-57(60)51-48-45-42-39-36-33-31-29-27-25-23-20-17-14-11-8-5-2/h9,12,18,21,37,40,54H,4-8,10-11,13-17,19-20,22-36,38-39,41-53H2,1-3H3/b12-9-,21-18-,40-37-. The van der Waals surface area contributed by atoms with Crippen molar-refractivity contribution in [2.45, 2.75) is 297 Å². The number of hydrogen-bond donors (Lipinski definition) is 0.